The number of nitrogen functional groups attached to an aromatic ring is 1. The molecule has 2 aliphatic heterocycles. The van der Waals surface area contributed by atoms with Crippen LogP contribution in [0, 0.1) is 10.1 Å². The zero-order valence-electron chi connectivity index (χ0n) is 53.6. The van der Waals surface area contributed by atoms with E-state index in [1.54, 1.807) is 21.9 Å². The molecule has 0 radical (unpaired) electrons. The molecule has 8 rings (SSSR count). The van der Waals surface area contributed by atoms with Gasteiger partial charge in [0, 0.05) is 51.2 Å². The number of nitrogens with zero attached hydrogens (tertiary/aromatic N) is 3. The highest BCUT2D eigenvalue weighted by molar-refractivity contribution is 6.43. The summed E-state index contributed by atoms with van der Waals surface area (Å²) in [7, 11) is 0. The second kappa shape index (κ2) is 34.0. The first-order valence-electron chi connectivity index (χ1n) is 35.1. The Kier molecular flexibility index (Phi) is 26.1. The molecule has 10 nitrogen and oxygen atoms in total. The highest BCUT2D eigenvalue weighted by Crippen LogP contribution is 2.50. The third kappa shape index (κ3) is 16.0. The van der Waals surface area contributed by atoms with Crippen molar-refractivity contribution in [2.75, 3.05) is 5.73 Å². The molecule has 0 spiro atoms. The first-order chi connectivity index (χ1) is 42.1. The zero-order valence-corrected chi connectivity index (χ0v) is 53.6. The van der Waals surface area contributed by atoms with E-state index in [1.165, 1.54) is 160 Å². The Morgan fingerprint density at radius 1 is 0.349 bits per heavy atom. The van der Waals surface area contributed by atoms with E-state index in [2.05, 4.69) is 27.7 Å². The van der Waals surface area contributed by atoms with Crippen LogP contribution in [0.2, 0.25) is 0 Å². The Balaban J connectivity index is 1.16. The maximum absolute atomic E-state index is 15.7. The van der Waals surface area contributed by atoms with E-state index in [9.17, 15) is 10.1 Å². The standard InChI is InChI=1S/C76H106N4O6/c1-5-9-13-17-21-25-29-33-37-41-56(42-38-34-30-26-22-18-14-10-6-2)78-73(81)61-49-46-58-59-47-50-63-71-65(54-64(55-45-52-66(77)67(53-55)80(85)86)69(72(59)71)60-48-51-62(74(78)82)70(61)68(58)60)76(84)79(75(63)83)57(43-39-35-31-27-23-19-15-11-7-3)44-40-36-32-28-24-20-16-12-8-4/h45-54,56-57H,5-44,77H2,1-4H3. The SMILES string of the molecule is CCCCCCCCCCCC(CCCCCCCCCCC)N1C(=O)c2ccc3c4ccc5c6c(cc(-c7ccc(N)c([N+](=O)[O-])c7)c(c7ccc(c2c37)C1=O)c64)C(=O)N(C(CCCCCCCCCCC)CCCCCCCCCCC)C5=O. The predicted molar refractivity (Wildman–Crippen MR) is 360 cm³/mol. The number of benzene rings is 6. The lowest BCUT2D eigenvalue weighted by Crippen LogP contribution is -2.47. The number of anilines is 1. The molecule has 86 heavy (non-hydrogen) atoms. The van der Waals surface area contributed by atoms with Gasteiger partial charge in [-0.25, -0.2) is 0 Å². The third-order valence-corrected chi connectivity index (χ3v) is 19.6. The van der Waals surface area contributed by atoms with Crippen LogP contribution in [0.25, 0.3) is 54.2 Å². The van der Waals surface area contributed by atoms with Crippen LogP contribution >= 0.6 is 0 Å². The van der Waals surface area contributed by atoms with Crippen molar-refractivity contribution in [3.05, 3.63) is 93.0 Å². The van der Waals surface area contributed by atoms with Gasteiger partial charge in [0.1, 0.15) is 5.69 Å². The van der Waals surface area contributed by atoms with Gasteiger partial charge < -0.3 is 5.73 Å². The molecule has 0 bridgehead atoms. The molecule has 0 aliphatic carbocycles. The fourth-order valence-corrected chi connectivity index (χ4v) is 14.7. The number of imide groups is 2. The van der Waals surface area contributed by atoms with Crippen molar-refractivity contribution in [2.45, 2.75) is 297 Å². The van der Waals surface area contributed by atoms with Gasteiger partial charge in [-0.15, -0.1) is 0 Å². The number of nitrogens with two attached hydrogens (primary N) is 1. The number of nitro groups is 1. The Morgan fingerprint density at radius 2 is 0.663 bits per heavy atom. The minimum absolute atomic E-state index is 0.0283. The molecule has 2 aliphatic rings. The summed E-state index contributed by atoms with van der Waals surface area (Å²) >= 11 is 0. The second-order valence-corrected chi connectivity index (χ2v) is 26.1. The quantitative estimate of drug-likeness (QED) is 0.00763. The van der Waals surface area contributed by atoms with E-state index in [0.717, 1.165) is 130 Å². The molecule has 10 heteroatoms. The maximum Gasteiger partial charge on any atom is 0.292 e. The Hall–Kier alpha value is -5.90. The summed E-state index contributed by atoms with van der Waals surface area (Å²) in [5.74, 6) is -1.13. The van der Waals surface area contributed by atoms with Gasteiger partial charge in [0.25, 0.3) is 29.3 Å². The van der Waals surface area contributed by atoms with E-state index in [1.807, 2.05) is 42.5 Å². The van der Waals surface area contributed by atoms with Crippen LogP contribution in [-0.4, -0.2) is 50.4 Å². The fourth-order valence-electron chi connectivity index (χ4n) is 14.7. The molecule has 2 N–H and O–H groups in total. The summed E-state index contributed by atoms with van der Waals surface area (Å²) in [4.78, 5) is 77.0. The first kappa shape index (κ1) is 66.1. The predicted octanol–water partition coefficient (Wildman–Crippen LogP) is 22.5. The molecule has 2 heterocycles. The van der Waals surface area contributed by atoms with E-state index < -0.39 is 4.92 Å². The second-order valence-electron chi connectivity index (χ2n) is 26.1. The summed E-state index contributed by atoms with van der Waals surface area (Å²) in [5.41, 5.74) is 9.02. The molecule has 0 fully saturated rings. The average molecular weight is 1170 g/mol. The Morgan fingerprint density at radius 3 is 1.02 bits per heavy atom. The summed E-state index contributed by atoms with van der Waals surface area (Å²) < 4.78 is 0. The largest absolute Gasteiger partial charge is 0.393 e. The van der Waals surface area contributed by atoms with Crippen LogP contribution in [0.4, 0.5) is 11.4 Å². The number of carbonyl (C=O) groups excluding carboxylic acids is 4. The summed E-state index contributed by atoms with van der Waals surface area (Å²) in [6, 6.07) is 17.8. The number of fused-ring (bicyclic) bond motifs is 2. The smallest absolute Gasteiger partial charge is 0.292 e. The van der Waals surface area contributed by atoms with Crippen LogP contribution in [0.3, 0.4) is 0 Å². The molecule has 4 amide bonds. The number of nitro benzene ring substituents is 1. The van der Waals surface area contributed by atoms with Gasteiger partial charge in [0.05, 0.1) is 4.92 Å². The van der Waals surface area contributed by atoms with Crippen molar-refractivity contribution >= 4 is 78.1 Å². The highest BCUT2D eigenvalue weighted by Gasteiger charge is 2.41. The van der Waals surface area contributed by atoms with E-state index in [4.69, 9.17) is 5.73 Å². The van der Waals surface area contributed by atoms with E-state index in [0.29, 0.717) is 49.5 Å². The van der Waals surface area contributed by atoms with Crippen LogP contribution in [-0.2, 0) is 0 Å². The lowest BCUT2D eigenvalue weighted by atomic mass is 9.79. The van der Waals surface area contributed by atoms with Gasteiger partial charge in [-0.3, -0.25) is 39.1 Å². The lowest BCUT2D eigenvalue weighted by Gasteiger charge is -2.36. The van der Waals surface area contributed by atoms with Crippen molar-refractivity contribution in [1.29, 1.82) is 0 Å². The molecule has 0 atom stereocenters. The van der Waals surface area contributed by atoms with Crippen molar-refractivity contribution in [1.82, 2.24) is 9.80 Å². The monoisotopic (exact) mass is 1170 g/mol. The Bertz CT molecular complexity index is 3130. The maximum atomic E-state index is 15.7. The molecule has 466 valence electrons. The van der Waals surface area contributed by atoms with Crippen molar-refractivity contribution < 1.29 is 24.1 Å². The average Bonchev–Trinajstić information content (AvgIpc) is 0.693. The van der Waals surface area contributed by atoms with Crippen LogP contribution < -0.4 is 5.73 Å². The normalized spacial score (nSPS) is 13.5. The van der Waals surface area contributed by atoms with Crippen molar-refractivity contribution in [3.63, 3.8) is 0 Å². The minimum atomic E-state index is -0.476. The topological polar surface area (TPSA) is 144 Å². The molecule has 0 saturated heterocycles. The highest BCUT2D eigenvalue weighted by atomic mass is 16.6. The van der Waals surface area contributed by atoms with Crippen LogP contribution in [0.5, 0.6) is 0 Å². The van der Waals surface area contributed by atoms with Gasteiger partial charge >= 0.3 is 0 Å². The number of hydrogen-bond donors (Lipinski definition) is 1. The van der Waals surface area contributed by atoms with Gasteiger partial charge in [-0.2, -0.15) is 0 Å². The molecular weight excluding hydrogens is 1060 g/mol. The van der Waals surface area contributed by atoms with E-state index in [-0.39, 0.29) is 47.1 Å². The number of amides is 4. The van der Waals surface area contributed by atoms with Crippen LogP contribution in [0.1, 0.15) is 326 Å². The molecule has 6 aromatic rings. The summed E-state index contributed by atoms with van der Waals surface area (Å²) in [5, 5.41) is 18.4. The lowest BCUT2D eigenvalue weighted by molar-refractivity contribution is -0.383. The molecular formula is C76H106N4O6. The first-order valence-corrected chi connectivity index (χ1v) is 35.1. The number of carbonyl (C=O) groups is 4. The molecule has 0 unspecified atom stereocenters. The summed E-state index contributed by atoms with van der Waals surface area (Å²) in [6.45, 7) is 9.00. The third-order valence-electron chi connectivity index (χ3n) is 19.6. The molecule has 0 saturated carbocycles. The van der Waals surface area contributed by atoms with Gasteiger partial charge in [0.15, 0.2) is 0 Å². The number of hydrogen-bond acceptors (Lipinski definition) is 7. The summed E-state index contributed by atoms with van der Waals surface area (Å²) in [6.07, 6.45) is 45.9. The minimum Gasteiger partial charge on any atom is -0.393 e. The zero-order chi connectivity index (χ0) is 60.8. The number of unbranched alkanes of at least 4 members (excludes halogenated alkanes) is 32. The Labute approximate surface area is 516 Å². The van der Waals surface area contributed by atoms with E-state index >= 15 is 19.2 Å². The fraction of sp³-hybridized carbons (Fsp3) is 0.605. The van der Waals surface area contributed by atoms with Crippen molar-refractivity contribution in [3.8, 4) is 11.1 Å². The molecule has 6 aromatic carbocycles. The van der Waals surface area contributed by atoms with Gasteiger partial charge in [-0.1, -0.05) is 283 Å². The molecule has 0 aromatic heterocycles. The van der Waals surface area contributed by atoms with Crippen LogP contribution in [0.15, 0.2) is 60.7 Å². The van der Waals surface area contributed by atoms with Crippen molar-refractivity contribution in [2.24, 2.45) is 0 Å². The number of rotatable bonds is 44. The van der Waals surface area contributed by atoms with Gasteiger partial charge in [-0.05, 0) is 99.5 Å². The van der Waals surface area contributed by atoms with Gasteiger partial charge in [0.2, 0.25) is 0 Å².